The predicted molar refractivity (Wildman–Crippen MR) is 278 cm³/mol. The lowest BCUT2D eigenvalue weighted by Gasteiger charge is -2.45. The third-order valence-electron chi connectivity index (χ3n) is 14.7. The van der Waals surface area contributed by atoms with E-state index in [2.05, 4.69) is 246 Å². The predicted octanol–water partition coefficient (Wildman–Crippen LogP) is 14.9. The Morgan fingerprint density at radius 1 is 0.391 bits per heavy atom. The van der Waals surface area contributed by atoms with E-state index in [1.54, 1.807) is 0 Å². The van der Waals surface area contributed by atoms with Crippen LogP contribution in [0.2, 0.25) is 0 Å². The molecule has 0 aromatic heterocycles. The molecule has 0 unspecified atom stereocenters. The van der Waals surface area contributed by atoms with Gasteiger partial charge in [-0.25, -0.2) is 0 Å². The highest BCUT2D eigenvalue weighted by atomic mass is 15.2. The number of hydrogen-bond donors (Lipinski definition) is 0. The maximum Gasteiger partial charge on any atom is 0.252 e. The van der Waals surface area contributed by atoms with E-state index < -0.39 is 0 Å². The van der Waals surface area contributed by atoms with Crippen molar-refractivity contribution >= 4 is 57.2 Å². The minimum absolute atomic E-state index is 0.0122. The molecule has 3 heteroatoms. The molecule has 0 atom stereocenters. The molecule has 0 fully saturated rings. The van der Waals surface area contributed by atoms with Crippen molar-refractivity contribution in [3.8, 4) is 22.3 Å². The van der Waals surface area contributed by atoms with E-state index in [1.807, 2.05) is 0 Å². The van der Waals surface area contributed by atoms with Crippen molar-refractivity contribution in [3.63, 3.8) is 0 Å². The number of benzene rings is 7. The second-order valence-corrected chi connectivity index (χ2v) is 23.6. The fourth-order valence-electron chi connectivity index (χ4n) is 10.8. The fourth-order valence-corrected chi connectivity index (χ4v) is 10.8. The standard InChI is InChI=1S/C61H65BN2/c1-57(2,3)39-24-30-44(31-25-39)64-52-35-41(59(7,8)9)26-32-49(52)62-50-34-40(58(4,5)6)27-33-51(50)63(53-36-42(60(10,11)12)37-54(64)56(53)62)43-28-22-38(23-29-43)45-19-17-21-48-55(45)46-18-15-16-20-47(46)61(48,13)14/h15-37H,1-14H3. The maximum absolute atomic E-state index is 2.59. The zero-order valence-electron chi connectivity index (χ0n) is 40.8. The molecule has 0 spiro atoms. The molecule has 0 saturated heterocycles. The molecule has 3 aliphatic rings. The van der Waals surface area contributed by atoms with Crippen LogP contribution in [0, 0.1) is 0 Å². The van der Waals surface area contributed by atoms with E-state index in [4.69, 9.17) is 0 Å². The van der Waals surface area contributed by atoms with Gasteiger partial charge in [0, 0.05) is 39.5 Å². The van der Waals surface area contributed by atoms with Crippen LogP contribution >= 0.6 is 0 Å². The van der Waals surface area contributed by atoms with Gasteiger partial charge in [0.2, 0.25) is 0 Å². The Hall–Kier alpha value is -5.80. The van der Waals surface area contributed by atoms with Gasteiger partial charge < -0.3 is 9.80 Å². The monoisotopic (exact) mass is 837 g/mol. The van der Waals surface area contributed by atoms with Crippen LogP contribution in [-0.2, 0) is 27.1 Å². The smallest absolute Gasteiger partial charge is 0.252 e. The summed E-state index contributed by atoms with van der Waals surface area (Å²) in [5.41, 5.74) is 24.8. The Bertz CT molecular complexity index is 2990. The second kappa shape index (κ2) is 14.1. The number of nitrogens with zero attached hydrogens (tertiary/aromatic N) is 2. The Morgan fingerprint density at radius 3 is 1.48 bits per heavy atom. The molecule has 0 bridgehead atoms. The van der Waals surface area contributed by atoms with Crippen molar-refractivity contribution in [1.29, 1.82) is 0 Å². The van der Waals surface area contributed by atoms with Crippen molar-refractivity contribution in [1.82, 2.24) is 0 Å². The Kier molecular flexibility index (Phi) is 9.29. The van der Waals surface area contributed by atoms with Gasteiger partial charge in [-0.15, -0.1) is 0 Å². The first-order chi connectivity index (χ1) is 30.0. The summed E-state index contributed by atoms with van der Waals surface area (Å²) in [4.78, 5) is 5.18. The van der Waals surface area contributed by atoms with Crippen LogP contribution in [0.15, 0.2) is 140 Å². The molecule has 0 saturated carbocycles. The number of anilines is 6. The normalized spacial score (nSPS) is 15.1. The van der Waals surface area contributed by atoms with Gasteiger partial charge in [0.05, 0.1) is 0 Å². The first-order valence-corrected chi connectivity index (χ1v) is 23.6. The molecule has 7 aromatic carbocycles. The van der Waals surface area contributed by atoms with E-state index >= 15 is 0 Å². The molecule has 1 aliphatic carbocycles. The molecular weight excluding hydrogens is 771 g/mol. The van der Waals surface area contributed by atoms with E-state index in [9.17, 15) is 0 Å². The average Bonchev–Trinajstić information content (AvgIpc) is 3.48. The Labute approximate surface area is 384 Å². The summed E-state index contributed by atoms with van der Waals surface area (Å²) in [6.07, 6.45) is 0. The van der Waals surface area contributed by atoms with E-state index in [0.717, 1.165) is 0 Å². The summed E-state index contributed by atoms with van der Waals surface area (Å²) in [5, 5.41) is 0. The third-order valence-corrected chi connectivity index (χ3v) is 14.7. The number of hydrogen-bond acceptors (Lipinski definition) is 2. The SMILES string of the molecule is CC(C)(C)c1ccc(N2c3cc(C(C)(C)C)ccc3B3c4cc(C(C)(C)C)ccc4N(c4ccc(-c5cccc6c5-c5ccccc5C6(C)C)cc4)c4cc(C(C)(C)C)cc2c43)cc1. The van der Waals surface area contributed by atoms with Crippen molar-refractivity contribution < 1.29 is 0 Å². The van der Waals surface area contributed by atoms with Gasteiger partial charge in [-0.05, 0) is 142 Å². The molecule has 0 N–H and O–H groups in total. The molecule has 0 amide bonds. The average molecular weight is 837 g/mol. The van der Waals surface area contributed by atoms with Gasteiger partial charge in [-0.1, -0.05) is 188 Å². The van der Waals surface area contributed by atoms with Gasteiger partial charge in [0.25, 0.3) is 6.71 Å². The van der Waals surface area contributed by atoms with Crippen LogP contribution in [0.3, 0.4) is 0 Å². The maximum atomic E-state index is 2.59. The first kappa shape index (κ1) is 42.2. The van der Waals surface area contributed by atoms with Crippen molar-refractivity contribution in [2.45, 2.75) is 124 Å². The molecule has 2 nitrogen and oxygen atoms in total. The van der Waals surface area contributed by atoms with Crippen LogP contribution in [0.4, 0.5) is 34.1 Å². The van der Waals surface area contributed by atoms with Crippen LogP contribution in [0.1, 0.15) is 130 Å². The minimum atomic E-state index is -0.0972. The van der Waals surface area contributed by atoms with E-state index in [-0.39, 0.29) is 33.8 Å². The number of fused-ring (bicyclic) bond motifs is 7. The summed E-state index contributed by atoms with van der Waals surface area (Å²) in [7, 11) is 0. The Morgan fingerprint density at radius 2 is 0.875 bits per heavy atom. The van der Waals surface area contributed by atoms with Crippen LogP contribution in [0.5, 0.6) is 0 Å². The van der Waals surface area contributed by atoms with Gasteiger partial charge in [0.15, 0.2) is 0 Å². The summed E-state index contributed by atoms with van der Waals surface area (Å²) in [5.74, 6) is 0. The van der Waals surface area contributed by atoms with E-state index in [1.165, 1.54) is 106 Å². The van der Waals surface area contributed by atoms with Crippen LogP contribution in [0.25, 0.3) is 22.3 Å². The summed E-state index contributed by atoms with van der Waals surface area (Å²) >= 11 is 0. The van der Waals surface area contributed by atoms with Gasteiger partial charge in [-0.2, -0.15) is 0 Å². The van der Waals surface area contributed by atoms with Gasteiger partial charge >= 0.3 is 0 Å². The third kappa shape index (κ3) is 6.59. The molecule has 2 heterocycles. The molecule has 0 radical (unpaired) electrons. The van der Waals surface area contributed by atoms with Crippen molar-refractivity contribution in [3.05, 3.63) is 173 Å². The molecule has 7 aromatic rings. The zero-order chi connectivity index (χ0) is 45.5. The second-order valence-electron chi connectivity index (χ2n) is 23.6. The quantitative estimate of drug-likeness (QED) is 0.164. The molecule has 64 heavy (non-hydrogen) atoms. The summed E-state index contributed by atoms with van der Waals surface area (Å²) < 4.78 is 0. The van der Waals surface area contributed by atoms with Crippen LogP contribution < -0.4 is 26.2 Å². The summed E-state index contributed by atoms with van der Waals surface area (Å²) in [6.45, 7) is 32.8. The molecule has 322 valence electrons. The highest BCUT2D eigenvalue weighted by molar-refractivity contribution is 7.00. The van der Waals surface area contributed by atoms with E-state index in [0.29, 0.717) is 0 Å². The number of rotatable bonds is 3. The largest absolute Gasteiger partial charge is 0.311 e. The van der Waals surface area contributed by atoms with Crippen LogP contribution in [-0.4, -0.2) is 6.71 Å². The minimum Gasteiger partial charge on any atom is -0.311 e. The highest BCUT2D eigenvalue weighted by Gasteiger charge is 2.45. The lowest BCUT2D eigenvalue weighted by atomic mass is 9.33. The van der Waals surface area contributed by atoms with Gasteiger partial charge in [-0.3, -0.25) is 0 Å². The summed E-state index contributed by atoms with van der Waals surface area (Å²) in [6, 6.07) is 54.5. The zero-order valence-corrected chi connectivity index (χ0v) is 40.8. The lowest BCUT2D eigenvalue weighted by molar-refractivity contribution is 0.589. The molecule has 2 aliphatic heterocycles. The van der Waals surface area contributed by atoms with Crippen molar-refractivity contribution in [2.75, 3.05) is 9.80 Å². The topological polar surface area (TPSA) is 6.48 Å². The first-order valence-electron chi connectivity index (χ1n) is 23.6. The molecular formula is C61H65BN2. The Balaban J connectivity index is 1.23. The van der Waals surface area contributed by atoms with Crippen molar-refractivity contribution in [2.24, 2.45) is 0 Å². The lowest BCUT2D eigenvalue weighted by Crippen LogP contribution is -2.61. The van der Waals surface area contributed by atoms with Gasteiger partial charge in [0.1, 0.15) is 0 Å². The molecule has 10 rings (SSSR count). The highest BCUT2D eigenvalue weighted by Crippen LogP contribution is 2.53. The fraction of sp³-hybridized carbons (Fsp3) is 0.311.